The smallest absolute Gasteiger partial charge is 0.253 e. The number of carbonyl (C=O) groups excluding carboxylic acids is 1. The van der Waals surface area contributed by atoms with E-state index in [1.54, 1.807) is 11.3 Å². The van der Waals surface area contributed by atoms with Crippen molar-refractivity contribution in [1.29, 1.82) is 0 Å². The normalized spacial score (nSPS) is 22.2. The van der Waals surface area contributed by atoms with Crippen molar-refractivity contribution in [3.05, 3.63) is 40.1 Å². The molecule has 2 N–H and O–H groups in total. The van der Waals surface area contributed by atoms with Gasteiger partial charge in [0.2, 0.25) is 0 Å². The third-order valence-electron chi connectivity index (χ3n) is 4.48. The van der Waals surface area contributed by atoms with Crippen LogP contribution < -0.4 is 5.32 Å². The second-order valence-corrected chi connectivity index (χ2v) is 6.80. The van der Waals surface area contributed by atoms with Crippen LogP contribution in [-0.2, 0) is 13.6 Å². The SMILES string of the molecule is Cc1c(C(=O)N[C@H]2CCN(Cc3cscn3)C[C@@H]2O)ccn1C. The van der Waals surface area contributed by atoms with Gasteiger partial charge in [-0.1, -0.05) is 0 Å². The average molecular weight is 334 g/mol. The number of nitrogens with zero attached hydrogens (tertiary/aromatic N) is 3. The summed E-state index contributed by atoms with van der Waals surface area (Å²) >= 11 is 1.58. The maximum absolute atomic E-state index is 12.4. The molecule has 2 aromatic heterocycles. The van der Waals surface area contributed by atoms with Crippen LogP contribution in [0.25, 0.3) is 0 Å². The van der Waals surface area contributed by atoms with Gasteiger partial charge in [-0.05, 0) is 19.4 Å². The van der Waals surface area contributed by atoms with Gasteiger partial charge in [0, 0.05) is 44.0 Å². The molecule has 0 radical (unpaired) electrons. The Hall–Kier alpha value is -1.70. The molecule has 1 aliphatic heterocycles. The topological polar surface area (TPSA) is 70.4 Å². The number of amides is 1. The van der Waals surface area contributed by atoms with Gasteiger partial charge in [0.25, 0.3) is 5.91 Å². The highest BCUT2D eigenvalue weighted by atomic mass is 32.1. The summed E-state index contributed by atoms with van der Waals surface area (Å²) in [4.78, 5) is 18.8. The molecule has 3 rings (SSSR count). The average Bonchev–Trinajstić information content (AvgIpc) is 3.13. The molecule has 23 heavy (non-hydrogen) atoms. The minimum atomic E-state index is -0.560. The van der Waals surface area contributed by atoms with Crippen LogP contribution in [0.4, 0.5) is 0 Å². The minimum Gasteiger partial charge on any atom is -0.390 e. The predicted molar refractivity (Wildman–Crippen MR) is 89.4 cm³/mol. The zero-order chi connectivity index (χ0) is 16.4. The standard InChI is InChI=1S/C16H22N4O2S/c1-11-13(3-5-19(11)2)16(22)18-14-4-6-20(8-15(14)21)7-12-9-23-10-17-12/h3,5,9-10,14-15,21H,4,6-8H2,1-2H3,(H,18,22)/t14-,15-/m0/s1. The van der Waals surface area contributed by atoms with Crippen LogP contribution in [0.15, 0.2) is 23.2 Å². The minimum absolute atomic E-state index is 0.111. The Morgan fingerprint density at radius 3 is 3.00 bits per heavy atom. The molecule has 0 unspecified atom stereocenters. The van der Waals surface area contributed by atoms with E-state index in [-0.39, 0.29) is 11.9 Å². The maximum atomic E-state index is 12.4. The fourth-order valence-electron chi connectivity index (χ4n) is 2.95. The summed E-state index contributed by atoms with van der Waals surface area (Å²) in [7, 11) is 1.91. The molecule has 7 heteroatoms. The van der Waals surface area contributed by atoms with E-state index in [0.717, 1.165) is 30.9 Å². The molecule has 0 saturated carbocycles. The molecule has 0 spiro atoms. The lowest BCUT2D eigenvalue weighted by atomic mass is 10.0. The molecule has 1 saturated heterocycles. The number of aliphatic hydroxyl groups is 1. The van der Waals surface area contributed by atoms with Crippen LogP contribution in [0.2, 0.25) is 0 Å². The molecule has 0 bridgehead atoms. The zero-order valence-corrected chi connectivity index (χ0v) is 14.2. The Morgan fingerprint density at radius 1 is 1.57 bits per heavy atom. The van der Waals surface area contributed by atoms with Crippen LogP contribution in [-0.4, -0.2) is 50.7 Å². The van der Waals surface area contributed by atoms with Crippen molar-refractivity contribution in [3.8, 4) is 0 Å². The van der Waals surface area contributed by atoms with Crippen molar-refractivity contribution in [2.75, 3.05) is 13.1 Å². The third kappa shape index (κ3) is 3.63. The van der Waals surface area contributed by atoms with Crippen molar-refractivity contribution in [3.63, 3.8) is 0 Å². The van der Waals surface area contributed by atoms with Crippen molar-refractivity contribution in [2.45, 2.75) is 32.0 Å². The largest absolute Gasteiger partial charge is 0.390 e. The molecule has 2 aromatic rings. The maximum Gasteiger partial charge on any atom is 0.253 e. The van der Waals surface area contributed by atoms with Gasteiger partial charge in [-0.25, -0.2) is 4.98 Å². The fourth-order valence-corrected chi connectivity index (χ4v) is 3.50. The Labute approximate surface area is 139 Å². The van der Waals surface area contributed by atoms with Crippen molar-refractivity contribution >= 4 is 17.2 Å². The number of nitrogens with one attached hydrogen (secondary N) is 1. The highest BCUT2D eigenvalue weighted by Gasteiger charge is 2.29. The molecule has 1 aliphatic rings. The zero-order valence-electron chi connectivity index (χ0n) is 13.4. The number of rotatable bonds is 4. The van der Waals surface area contributed by atoms with Gasteiger partial charge >= 0.3 is 0 Å². The number of carbonyl (C=O) groups is 1. The summed E-state index contributed by atoms with van der Waals surface area (Å²) in [5.41, 5.74) is 4.45. The van der Waals surface area contributed by atoms with Crippen molar-refractivity contribution in [1.82, 2.24) is 19.8 Å². The monoisotopic (exact) mass is 334 g/mol. The predicted octanol–water partition coefficient (Wildman–Crippen LogP) is 1.16. The van der Waals surface area contributed by atoms with Gasteiger partial charge in [0.1, 0.15) is 0 Å². The van der Waals surface area contributed by atoms with Gasteiger partial charge in [0.15, 0.2) is 0 Å². The van der Waals surface area contributed by atoms with E-state index in [1.165, 1.54) is 0 Å². The number of aromatic nitrogens is 2. The first-order valence-electron chi connectivity index (χ1n) is 7.75. The Morgan fingerprint density at radius 2 is 2.39 bits per heavy atom. The molecular formula is C16H22N4O2S. The molecule has 3 heterocycles. The first-order chi connectivity index (χ1) is 11.0. The molecule has 124 valence electrons. The molecule has 1 fully saturated rings. The van der Waals surface area contributed by atoms with Crippen LogP contribution in [0.3, 0.4) is 0 Å². The second-order valence-electron chi connectivity index (χ2n) is 6.08. The van der Waals surface area contributed by atoms with Crippen molar-refractivity contribution < 1.29 is 9.90 Å². The molecule has 6 nitrogen and oxygen atoms in total. The number of hydrogen-bond acceptors (Lipinski definition) is 5. The van der Waals surface area contributed by atoms with Gasteiger partial charge in [-0.2, -0.15) is 0 Å². The summed E-state index contributed by atoms with van der Waals surface area (Å²) in [5, 5.41) is 15.4. The van der Waals surface area contributed by atoms with E-state index in [2.05, 4.69) is 15.2 Å². The molecule has 0 aliphatic carbocycles. The first kappa shape index (κ1) is 16.2. The van der Waals surface area contributed by atoms with Crippen molar-refractivity contribution in [2.24, 2.45) is 7.05 Å². The van der Waals surface area contributed by atoms with E-state index in [1.807, 2.05) is 41.7 Å². The number of aryl methyl sites for hydroxylation is 1. The fraction of sp³-hybridized carbons (Fsp3) is 0.500. The Bertz CT molecular complexity index is 668. The molecule has 0 aromatic carbocycles. The highest BCUT2D eigenvalue weighted by molar-refractivity contribution is 7.07. The number of piperidine rings is 1. The van der Waals surface area contributed by atoms with Crippen LogP contribution in [0.1, 0.15) is 28.2 Å². The number of aliphatic hydroxyl groups excluding tert-OH is 1. The first-order valence-corrected chi connectivity index (χ1v) is 8.69. The summed E-state index contributed by atoms with van der Waals surface area (Å²) in [6.07, 6.45) is 2.05. The third-order valence-corrected chi connectivity index (χ3v) is 5.12. The van der Waals surface area contributed by atoms with E-state index in [4.69, 9.17) is 0 Å². The highest BCUT2D eigenvalue weighted by Crippen LogP contribution is 2.16. The molecule has 2 atom stereocenters. The number of β-amino-alcohol motifs (C(OH)–C–C–N with tert-alkyl or cyclic N) is 1. The van der Waals surface area contributed by atoms with Gasteiger partial charge < -0.3 is 15.0 Å². The van der Waals surface area contributed by atoms with Gasteiger partial charge in [-0.3, -0.25) is 9.69 Å². The lowest BCUT2D eigenvalue weighted by molar-refractivity contribution is 0.0346. The van der Waals surface area contributed by atoms with Gasteiger partial charge in [0.05, 0.1) is 28.9 Å². The Balaban J connectivity index is 1.56. The van der Waals surface area contributed by atoms with E-state index in [9.17, 15) is 9.90 Å². The van der Waals surface area contributed by atoms with E-state index in [0.29, 0.717) is 12.1 Å². The number of thiazole rings is 1. The van der Waals surface area contributed by atoms with Crippen LogP contribution in [0, 0.1) is 6.92 Å². The number of hydrogen-bond donors (Lipinski definition) is 2. The second kappa shape index (κ2) is 6.82. The summed E-state index contributed by atoms with van der Waals surface area (Å²) in [6, 6.07) is 1.61. The summed E-state index contributed by atoms with van der Waals surface area (Å²) < 4.78 is 1.92. The van der Waals surface area contributed by atoms with E-state index >= 15 is 0 Å². The van der Waals surface area contributed by atoms with Crippen LogP contribution >= 0.6 is 11.3 Å². The lowest BCUT2D eigenvalue weighted by Crippen LogP contribution is -2.53. The summed E-state index contributed by atoms with van der Waals surface area (Å²) in [6.45, 7) is 4.06. The van der Waals surface area contributed by atoms with Crippen LogP contribution in [0.5, 0.6) is 0 Å². The lowest BCUT2D eigenvalue weighted by Gasteiger charge is -2.35. The van der Waals surface area contributed by atoms with E-state index < -0.39 is 6.10 Å². The molecule has 1 amide bonds. The quantitative estimate of drug-likeness (QED) is 0.880. The van der Waals surface area contributed by atoms with Gasteiger partial charge in [-0.15, -0.1) is 11.3 Å². The Kier molecular flexibility index (Phi) is 4.79. The summed E-state index contributed by atoms with van der Waals surface area (Å²) in [5.74, 6) is -0.111. The number of likely N-dealkylation sites (tertiary alicyclic amines) is 1. The molecular weight excluding hydrogens is 312 g/mol.